The SMILES string of the molecule is NC(=O)c1c(Br)cc(Cl)nc1F. The van der Waals surface area contributed by atoms with E-state index in [1.165, 1.54) is 6.07 Å². The van der Waals surface area contributed by atoms with Crippen molar-refractivity contribution >= 4 is 33.4 Å². The van der Waals surface area contributed by atoms with E-state index in [0.717, 1.165) is 0 Å². The third-order valence-electron chi connectivity index (χ3n) is 1.14. The summed E-state index contributed by atoms with van der Waals surface area (Å²) >= 11 is 8.33. The lowest BCUT2D eigenvalue weighted by molar-refractivity contribution is 0.0995. The molecule has 64 valence electrons. The number of carbonyl (C=O) groups is 1. The highest BCUT2D eigenvalue weighted by Crippen LogP contribution is 2.21. The molecule has 1 rings (SSSR count). The van der Waals surface area contributed by atoms with Gasteiger partial charge in [0, 0.05) is 4.47 Å². The molecule has 0 aliphatic carbocycles. The Balaban J connectivity index is 3.38. The summed E-state index contributed by atoms with van der Waals surface area (Å²) in [4.78, 5) is 13.8. The van der Waals surface area contributed by atoms with E-state index >= 15 is 0 Å². The van der Waals surface area contributed by atoms with Crippen molar-refractivity contribution in [1.29, 1.82) is 0 Å². The molecule has 1 aromatic rings. The van der Waals surface area contributed by atoms with Gasteiger partial charge in [0.15, 0.2) is 0 Å². The van der Waals surface area contributed by atoms with E-state index in [4.69, 9.17) is 17.3 Å². The highest BCUT2D eigenvalue weighted by molar-refractivity contribution is 9.10. The van der Waals surface area contributed by atoms with Crippen LogP contribution in [0.15, 0.2) is 10.5 Å². The Kier molecular flexibility index (Phi) is 2.64. The molecule has 1 aromatic heterocycles. The van der Waals surface area contributed by atoms with Crippen LogP contribution in [0.3, 0.4) is 0 Å². The molecule has 0 atom stereocenters. The van der Waals surface area contributed by atoms with Crippen molar-refractivity contribution in [2.24, 2.45) is 5.73 Å². The molecular weight excluding hydrogens is 250 g/mol. The van der Waals surface area contributed by atoms with Crippen LogP contribution in [0.4, 0.5) is 4.39 Å². The zero-order chi connectivity index (χ0) is 9.30. The molecule has 0 bridgehead atoms. The summed E-state index contributed by atoms with van der Waals surface area (Å²) < 4.78 is 13.0. The van der Waals surface area contributed by atoms with Crippen LogP contribution in [0.2, 0.25) is 5.15 Å². The second kappa shape index (κ2) is 3.37. The zero-order valence-electron chi connectivity index (χ0n) is 5.64. The number of halogens is 3. The Labute approximate surface area is 80.9 Å². The fourth-order valence-electron chi connectivity index (χ4n) is 0.677. The number of aromatic nitrogens is 1. The van der Waals surface area contributed by atoms with Crippen LogP contribution in [0.5, 0.6) is 0 Å². The maximum absolute atomic E-state index is 12.8. The summed E-state index contributed by atoms with van der Waals surface area (Å²) in [6.45, 7) is 0. The average molecular weight is 253 g/mol. The van der Waals surface area contributed by atoms with E-state index in [9.17, 15) is 9.18 Å². The van der Waals surface area contributed by atoms with Gasteiger partial charge in [0.25, 0.3) is 5.91 Å². The van der Waals surface area contributed by atoms with E-state index in [1.54, 1.807) is 0 Å². The molecule has 0 fully saturated rings. The number of rotatable bonds is 1. The van der Waals surface area contributed by atoms with E-state index in [0.29, 0.717) is 0 Å². The molecule has 6 heteroatoms. The smallest absolute Gasteiger partial charge is 0.254 e. The second-order valence-electron chi connectivity index (χ2n) is 1.96. The maximum Gasteiger partial charge on any atom is 0.254 e. The fourth-order valence-corrected chi connectivity index (χ4v) is 1.57. The number of hydrogen-bond donors (Lipinski definition) is 1. The van der Waals surface area contributed by atoms with Gasteiger partial charge >= 0.3 is 0 Å². The molecule has 0 radical (unpaired) electrons. The third-order valence-corrected chi connectivity index (χ3v) is 1.96. The Bertz CT molecular complexity index is 321. The molecule has 0 aromatic carbocycles. The Morgan fingerprint density at radius 3 is 2.75 bits per heavy atom. The third kappa shape index (κ3) is 1.73. The van der Waals surface area contributed by atoms with Gasteiger partial charge in [-0.15, -0.1) is 0 Å². The Hall–Kier alpha value is -0.680. The summed E-state index contributed by atoms with van der Waals surface area (Å²) in [6, 6.07) is 1.30. The summed E-state index contributed by atoms with van der Waals surface area (Å²) in [6.07, 6.45) is 0. The number of primary amides is 1. The lowest BCUT2D eigenvalue weighted by Crippen LogP contribution is -2.15. The van der Waals surface area contributed by atoms with Crippen molar-refractivity contribution < 1.29 is 9.18 Å². The van der Waals surface area contributed by atoms with Gasteiger partial charge in [-0.25, -0.2) is 4.98 Å². The fraction of sp³-hybridized carbons (Fsp3) is 0. The molecule has 12 heavy (non-hydrogen) atoms. The summed E-state index contributed by atoms with van der Waals surface area (Å²) in [5, 5.41) is -0.0376. The Morgan fingerprint density at radius 2 is 2.33 bits per heavy atom. The first kappa shape index (κ1) is 9.41. The Morgan fingerprint density at radius 1 is 1.75 bits per heavy atom. The molecule has 0 saturated carbocycles. The van der Waals surface area contributed by atoms with Crippen LogP contribution in [-0.2, 0) is 0 Å². The second-order valence-corrected chi connectivity index (χ2v) is 3.20. The van der Waals surface area contributed by atoms with Gasteiger partial charge in [-0.1, -0.05) is 11.6 Å². The highest BCUT2D eigenvalue weighted by Gasteiger charge is 2.14. The molecule has 3 nitrogen and oxygen atoms in total. The lowest BCUT2D eigenvalue weighted by Gasteiger charge is -2.00. The van der Waals surface area contributed by atoms with Crippen molar-refractivity contribution in [2.75, 3.05) is 0 Å². The molecule has 0 aliphatic rings. The predicted molar refractivity (Wildman–Crippen MR) is 45.4 cm³/mol. The van der Waals surface area contributed by atoms with Crippen LogP contribution in [0.25, 0.3) is 0 Å². The molecular formula is C6H3BrClFN2O. The monoisotopic (exact) mass is 252 g/mol. The van der Waals surface area contributed by atoms with Crippen LogP contribution < -0.4 is 5.73 Å². The minimum Gasteiger partial charge on any atom is -0.365 e. The molecule has 0 unspecified atom stereocenters. The number of nitrogens with two attached hydrogens (primary N) is 1. The van der Waals surface area contributed by atoms with E-state index in [2.05, 4.69) is 20.9 Å². The van der Waals surface area contributed by atoms with Gasteiger partial charge in [0.05, 0.1) is 0 Å². The molecule has 0 saturated heterocycles. The van der Waals surface area contributed by atoms with Crippen molar-refractivity contribution in [2.45, 2.75) is 0 Å². The number of nitrogens with zero attached hydrogens (tertiary/aromatic N) is 1. The molecule has 1 heterocycles. The first-order chi connectivity index (χ1) is 5.52. The van der Waals surface area contributed by atoms with Crippen molar-refractivity contribution in [3.05, 3.63) is 27.2 Å². The maximum atomic E-state index is 12.8. The number of carbonyl (C=O) groups excluding carboxylic acids is 1. The quantitative estimate of drug-likeness (QED) is 0.775. The van der Waals surface area contributed by atoms with Crippen LogP contribution in [-0.4, -0.2) is 10.9 Å². The lowest BCUT2D eigenvalue weighted by atomic mass is 10.3. The van der Waals surface area contributed by atoms with Gasteiger partial charge < -0.3 is 5.73 Å². The predicted octanol–water partition coefficient (Wildman–Crippen LogP) is 1.74. The van der Waals surface area contributed by atoms with E-state index in [-0.39, 0.29) is 15.2 Å². The van der Waals surface area contributed by atoms with Crippen LogP contribution >= 0.6 is 27.5 Å². The standard InChI is InChI=1S/C6H3BrClFN2O/c7-2-1-3(8)11-5(9)4(2)6(10)12/h1H,(H2,10,12). The summed E-state index contributed by atoms with van der Waals surface area (Å²) in [7, 11) is 0. The van der Waals surface area contributed by atoms with E-state index in [1.807, 2.05) is 0 Å². The molecule has 0 spiro atoms. The zero-order valence-corrected chi connectivity index (χ0v) is 7.99. The van der Waals surface area contributed by atoms with Crippen LogP contribution in [0, 0.1) is 5.95 Å². The van der Waals surface area contributed by atoms with Crippen molar-refractivity contribution in [3.63, 3.8) is 0 Å². The average Bonchev–Trinajstić information content (AvgIpc) is 1.82. The molecule has 0 aliphatic heterocycles. The van der Waals surface area contributed by atoms with Crippen molar-refractivity contribution in [1.82, 2.24) is 4.98 Å². The summed E-state index contributed by atoms with van der Waals surface area (Å²) in [5.74, 6) is -1.86. The first-order valence-electron chi connectivity index (χ1n) is 2.83. The van der Waals surface area contributed by atoms with Gasteiger partial charge in [-0.3, -0.25) is 4.79 Å². The normalized spacial score (nSPS) is 9.92. The topological polar surface area (TPSA) is 56.0 Å². The van der Waals surface area contributed by atoms with Crippen molar-refractivity contribution in [3.8, 4) is 0 Å². The van der Waals surface area contributed by atoms with Gasteiger partial charge in [-0.2, -0.15) is 4.39 Å². The van der Waals surface area contributed by atoms with Gasteiger partial charge in [-0.05, 0) is 22.0 Å². The molecule has 1 amide bonds. The van der Waals surface area contributed by atoms with E-state index < -0.39 is 11.9 Å². The number of amides is 1. The van der Waals surface area contributed by atoms with Crippen LogP contribution in [0.1, 0.15) is 10.4 Å². The minimum absolute atomic E-state index is 0.0376. The number of hydrogen-bond acceptors (Lipinski definition) is 2. The first-order valence-corrected chi connectivity index (χ1v) is 4.01. The highest BCUT2D eigenvalue weighted by atomic mass is 79.9. The largest absolute Gasteiger partial charge is 0.365 e. The number of pyridine rings is 1. The minimum atomic E-state index is -0.970. The van der Waals surface area contributed by atoms with Gasteiger partial charge in [0.2, 0.25) is 5.95 Å². The molecule has 2 N–H and O–H groups in total. The summed E-state index contributed by atoms with van der Waals surface area (Å²) in [5.41, 5.74) is 4.58. The van der Waals surface area contributed by atoms with Gasteiger partial charge in [0.1, 0.15) is 10.7 Å².